The molecule has 5 atom stereocenters. The number of phenolic OH excluding ortho intramolecular Hbond substituents is 1. The van der Waals surface area contributed by atoms with Gasteiger partial charge in [0.25, 0.3) is 0 Å². The molecule has 0 amide bonds. The molecule has 1 aromatic rings. The molecule has 10 nitrogen and oxygen atoms in total. The fraction of sp³-hybridized carbons (Fsp3) is 0.467. The van der Waals surface area contributed by atoms with Crippen LogP contribution in [-0.4, -0.2) is 73.3 Å². The first-order chi connectivity index (χ1) is 11.7. The summed E-state index contributed by atoms with van der Waals surface area (Å²) < 4.78 is 10.2. The molecule has 2 rings (SSSR count). The third-order valence-electron chi connectivity index (χ3n) is 3.73. The highest BCUT2D eigenvalue weighted by Gasteiger charge is 2.48. The maximum absolute atomic E-state index is 11.0. The topological polar surface area (TPSA) is 174 Å². The Morgan fingerprint density at radius 2 is 1.76 bits per heavy atom. The summed E-state index contributed by atoms with van der Waals surface area (Å²) in [6.45, 7) is 0. The smallest absolute Gasteiger partial charge is 0.335 e. The third-order valence-corrected chi connectivity index (χ3v) is 3.73. The van der Waals surface area contributed by atoms with E-state index in [1.807, 2.05) is 0 Å². The van der Waals surface area contributed by atoms with E-state index >= 15 is 0 Å². The lowest BCUT2D eigenvalue weighted by Gasteiger charge is -2.38. The number of aromatic hydroxyl groups is 1. The van der Waals surface area contributed by atoms with Crippen molar-refractivity contribution in [2.45, 2.75) is 43.5 Å². The molecule has 0 spiro atoms. The molecule has 6 N–H and O–H groups in total. The molecule has 0 aromatic heterocycles. The van der Waals surface area contributed by atoms with Crippen LogP contribution in [0.2, 0.25) is 0 Å². The molecule has 1 aromatic carbocycles. The van der Waals surface area contributed by atoms with Gasteiger partial charge in [0.1, 0.15) is 29.8 Å². The van der Waals surface area contributed by atoms with Gasteiger partial charge in [-0.1, -0.05) is 6.07 Å². The number of aliphatic hydroxyl groups excluding tert-OH is 3. The lowest BCUT2D eigenvalue weighted by atomic mass is 9.99. The fourth-order valence-electron chi connectivity index (χ4n) is 2.35. The molecule has 1 saturated heterocycles. The molecule has 10 heteroatoms. The first-order valence-electron chi connectivity index (χ1n) is 7.33. The van der Waals surface area contributed by atoms with Crippen molar-refractivity contribution in [3.05, 3.63) is 23.8 Å². The quantitative estimate of drug-likeness (QED) is 0.358. The van der Waals surface area contributed by atoms with E-state index in [4.69, 9.17) is 19.7 Å². The number of benzene rings is 1. The summed E-state index contributed by atoms with van der Waals surface area (Å²) >= 11 is 0. The van der Waals surface area contributed by atoms with E-state index in [-0.39, 0.29) is 24.3 Å². The summed E-state index contributed by atoms with van der Waals surface area (Å²) in [5.41, 5.74) is 0.360. The van der Waals surface area contributed by atoms with Gasteiger partial charge in [0.15, 0.2) is 6.10 Å². The van der Waals surface area contributed by atoms with E-state index in [1.165, 1.54) is 12.1 Å². The van der Waals surface area contributed by atoms with Crippen LogP contribution in [0, 0.1) is 0 Å². The van der Waals surface area contributed by atoms with Crippen molar-refractivity contribution >= 4 is 11.9 Å². The first-order valence-corrected chi connectivity index (χ1v) is 7.33. The molecular weight excluding hydrogens is 340 g/mol. The van der Waals surface area contributed by atoms with Gasteiger partial charge in [-0.3, -0.25) is 4.79 Å². The number of phenols is 1. The van der Waals surface area contributed by atoms with Gasteiger partial charge in [0, 0.05) is 12.5 Å². The van der Waals surface area contributed by atoms with E-state index in [0.29, 0.717) is 5.56 Å². The number of aliphatic hydroxyl groups is 3. The SMILES string of the molecule is O=C(O)CCc1ccc(OC2OC(C(=O)O)C(O)C(O)C2O)cc1O. The lowest BCUT2D eigenvalue weighted by Crippen LogP contribution is -2.61. The van der Waals surface area contributed by atoms with Gasteiger partial charge in [-0.05, 0) is 18.1 Å². The van der Waals surface area contributed by atoms with Crippen molar-refractivity contribution in [3.8, 4) is 11.5 Å². The maximum Gasteiger partial charge on any atom is 0.335 e. The molecule has 25 heavy (non-hydrogen) atoms. The minimum atomic E-state index is -1.83. The van der Waals surface area contributed by atoms with Crippen LogP contribution >= 0.6 is 0 Å². The zero-order chi connectivity index (χ0) is 18.7. The predicted octanol–water partition coefficient (Wildman–Crippen LogP) is -1.32. The Morgan fingerprint density at radius 3 is 2.32 bits per heavy atom. The molecule has 5 unspecified atom stereocenters. The Hall–Kier alpha value is -2.40. The summed E-state index contributed by atoms with van der Waals surface area (Å²) in [4.78, 5) is 21.6. The molecule has 1 heterocycles. The number of ether oxygens (including phenoxy) is 2. The van der Waals surface area contributed by atoms with Crippen LogP contribution in [0.3, 0.4) is 0 Å². The number of carboxylic acids is 2. The Labute approximate surface area is 141 Å². The van der Waals surface area contributed by atoms with Gasteiger partial charge in [-0.2, -0.15) is 0 Å². The average Bonchev–Trinajstić information content (AvgIpc) is 2.54. The number of aliphatic carboxylic acids is 2. The van der Waals surface area contributed by atoms with E-state index in [1.54, 1.807) is 0 Å². The normalized spacial score (nSPS) is 29.2. The second-order valence-corrected chi connectivity index (χ2v) is 5.54. The first kappa shape index (κ1) is 18.9. The van der Waals surface area contributed by atoms with Crippen LogP contribution in [0.15, 0.2) is 18.2 Å². The highest BCUT2D eigenvalue weighted by molar-refractivity contribution is 5.73. The van der Waals surface area contributed by atoms with E-state index in [9.17, 15) is 30.0 Å². The van der Waals surface area contributed by atoms with E-state index in [0.717, 1.165) is 6.07 Å². The second kappa shape index (κ2) is 7.66. The van der Waals surface area contributed by atoms with E-state index < -0.39 is 42.6 Å². The lowest BCUT2D eigenvalue weighted by molar-refractivity contribution is -0.271. The van der Waals surface area contributed by atoms with Crippen LogP contribution in [-0.2, 0) is 20.7 Å². The van der Waals surface area contributed by atoms with Crippen LogP contribution in [0.25, 0.3) is 0 Å². The van der Waals surface area contributed by atoms with Gasteiger partial charge in [-0.15, -0.1) is 0 Å². The maximum atomic E-state index is 11.0. The molecule has 138 valence electrons. The largest absolute Gasteiger partial charge is 0.508 e. The zero-order valence-electron chi connectivity index (χ0n) is 12.8. The van der Waals surface area contributed by atoms with Gasteiger partial charge in [0.2, 0.25) is 6.29 Å². The summed E-state index contributed by atoms with van der Waals surface area (Å²) in [5, 5.41) is 56.6. The zero-order valence-corrected chi connectivity index (χ0v) is 12.8. The van der Waals surface area contributed by atoms with Gasteiger partial charge >= 0.3 is 11.9 Å². The Balaban J connectivity index is 2.11. The minimum absolute atomic E-state index is 0.00615. The highest BCUT2D eigenvalue weighted by Crippen LogP contribution is 2.28. The number of rotatable bonds is 6. The molecule has 0 saturated carbocycles. The summed E-state index contributed by atoms with van der Waals surface area (Å²) in [6.07, 6.45) is -8.84. The standard InChI is InChI=1S/C15H18O10/c16-8-5-7(3-1-6(8)2-4-9(17)18)24-15-12(21)10(19)11(20)13(25-15)14(22)23/h1,3,5,10-13,15-16,19-21H,2,4H2,(H,17,18)(H,22,23). The van der Waals surface area contributed by atoms with Crippen molar-refractivity contribution < 1.29 is 49.7 Å². The van der Waals surface area contributed by atoms with Crippen molar-refractivity contribution in [2.75, 3.05) is 0 Å². The number of hydrogen-bond donors (Lipinski definition) is 6. The number of hydrogen-bond acceptors (Lipinski definition) is 8. The molecule has 0 radical (unpaired) electrons. The van der Waals surface area contributed by atoms with Gasteiger partial charge in [0.05, 0.1) is 0 Å². The van der Waals surface area contributed by atoms with E-state index in [2.05, 4.69) is 0 Å². The average molecular weight is 358 g/mol. The molecular formula is C15H18O10. The van der Waals surface area contributed by atoms with Crippen LogP contribution < -0.4 is 4.74 Å². The van der Waals surface area contributed by atoms with Crippen LogP contribution in [0.4, 0.5) is 0 Å². The Bertz CT molecular complexity index is 645. The highest BCUT2D eigenvalue weighted by atomic mass is 16.7. The summed E-state index contributed by atoms with van der Waals surface area (Å²) in [7, 11) is 0. The van der Waals surface area contributed by atoms with Gasteiger partial charge < -0.3 is 40.1 Å². The Kier molecular flexibility index (Phi) is 5.80. The summed E-state index contributed by atoms with van der Waals surface area (Å²) in [6, 6.07) is 3.91. The van der Waals surface area contributed by atoms with Crippen LogP contribution in [0.1, 0.15) is 12.0 Å². The third kappa shape index (κ3) is 4.37. The molecule has 0 aliphatic carbocycles. The molecule has 1 aliphatic rings. The summed E-state index contributed by atoms with van der Waals surface area (Å²) in [5.74, 6) is -2.82. The van der Waals surface area contributed by atoms with Crippen molar-refractivity contribution in [1.82, 2.24) is 0 Å². The molecule has 1 fully saturated rings. The molecule has 0 bridgehead atoms. The second-order valence-electron chi connectivity index (χ2n) is 5.54. The predicted molar refractivity (Wildman–Crippen MR) is 79.0 cm³/mol. The monoisotopic (exact) mass is 358 g/mol. The Morgan fingerprint density at radius 1 is 1.08 bits per heavy atom. The number of carbonyl (C=O) groups is 2. The molecule has 1 aliphatic heterocycles. The van der Waals surface area contributed by atoms with Crippen molar-refractivity contribution in [2.24, 2.45) is 0 Å². The number of aryl methyl sites for hydroxylation is 1. The number of carboxylic acid groups (broad SMARTS) is 2. The van der Waals surface area contributed by atoms with Crippen molar-refractivity contribution in [1.29, 1.82) is 0 Å². The van der Waals surface area contributed by atoms with Crippen LogP contribution in [0.5, 0.6) is 11.5 Å². The minimum Gasteiger partial charge on any atom is -0.508 e. The fourth-order valence-corrected chi connectivity index (χ4v) is 2.35. The van der Waals surface area contributed by atoms with Gasteiger partial charge in [-0.25, -0.2) is 4.79 Å². The van der Waals surface area contributed by atoms with Crippen molar-refractivity contribution in [3.63, 3.8) is 0 Å².